The minimum atomic E-state index is -0.251. The van der Waals surface area contributed by atoms with Gasteiger partial charge in [-0.1, -0.05) is 5.16 Å². The number of aromatic nitrogens is 3. The lowest BCUT2D eigenvalue weighted by Gasteiger charge is -2.22. The Morgan fingerprint density at radius 3 is 2.59 bits per heavy atom. The highest BCUT2D eigenvalue weighted by molar-refractivity contribution is 5.98. The molecule has 0 unspecified atom stereocenters. The van der Waals surface area contributed by atoms with Crippen LogP contribution in [-0.2, 0) is 11.2 Å². The first-order valence-corrected chi connectivity index (χ1v) is 9.24. The molecule has 1 saturated heterocycles. The highest BCUT2D eigenvalue weighted by Crippen LogP contribution is 2.32. The van der Waals surface area contributed by atoms with Crippen molar-refractivity contribution >= 4 is 28.3 Å². The molecular formula is C19H23N5O3. The van der Waals surface area contributed by atoms with Gasteiger partial charge in [-0.2, -0.15) is 0 Å². The number of carbonyl (C=O) groups is 1. The Balaban J connectivity index is 1.57. The highest BCUT2D eigenvalue weighted by Gasteiger charge is 2.19. The number of aryl methyl sites for hydroxylation is 2. The zero-order valence-electron chi connectivity index (χ0n) is 15.5. The first kappa shape index (κ1) is 17.4. The lowest BCUT2D eigenvalue weighted by atomic mass is 10.1. The van der Waals surface area contributed by atoms with Crippen LogP contribution in [0.5, 0.6) is 0 Å². The van der Waals surface area contributed by atoms with Crippen LogP contribution in [0.2, 0.25) is 0 Å². The van der Waals surface area contributed by atoms with Crippen LogP contribution in [0.1, 0.15) is 36.3 Å². The Morgan fingerprint density at radius 2 is 1.93 bits per heavy atom. The van der Waals surface area contributed by atoms with Crippen LogP contribution in [-0.4, -0.2) is 34.1 Å². The molecule has 1 aliphatic rings. The van der Waals surface area contributed by atoms with Gasteiger partial charge in [0, 0.05) is 25.1 Å². The Morgan fingerprint density at radius 1 is 1.22 bits per heavy atom. The molecule has 0 saturated carbocycles. The molecule has 4 rings (SSSR count). The second-order valence-corrected chi connectivity index (χ2v) is 7.04. The number of nitrogens with one attached hydrogen (secondary N) is 3. The van der Waals surface area contributed by atoms with Gasteiger partial charge >= 0.3 is 5.69 Å². The minimum absolute atomic E-state index is 0.0762. The predicted octanol–water partition coefficient (Wildman–Crippen LogP) is 2.63. The van der Waals surface area contributed by atoms with E-state index in [1.807, 2.05) is 26.0 Å². The minimum Gasteiger partial charge on any atom is -0.370 e. The van der Waals surface area contributed by atoms with E-state index in [0.717, 1.165) is 59.8 Å². The molecule has 0 atom stereocenters. The Hall–Kier alpha value is -3.03. The van der Waals surface area contributed by atoms with Crippen molar-refractivity contribution in [1.82, 2.24) is 15.1 Å². The van der Waals surface area contributed by atoms with Crippen LogP contribution in [0, 0.1) is 13.8 Å². The van der Waals surface area contributed by atoms with Crippen molar-refractivity contribution in [2.45, 2.75) is 39.5 Å². The van der Waals surface area contributed by atoms with E-state index in [2.05, 4.69) is 25.3 Å². The van der Waals surface area contributed by atoms with Crippen LogP contribution in [0.4, 0.5) is 11.4 Å². The summed E-state index contributed by atoms with van der Waals surface area (Å²) in [7, 11) is 0. The van der Waals surface area contributed by atoms with Gasteiger partial charge in [0.25, 0.3) is 0 Å². The van der Waals surface area contributed by atoms with Gasteiger partial charge in [-0.25, -0.2) is 4.79 Å². The van der Waals surface area contributed by atoms with Gasteiger partial charge in [0.15, 0.2) is 0 Å². The lowest BCUT2D eigenvalue weighted by molar-refractivity contribution is -0.116. The van der Waals surface area contributed by atoms with Crippen LogP contribution < -0.4 is 15.9 Å². The SMILES string of the molecule is Cc1noc(C)c1CCC(=O)Nc1cc2[nH]c(=O)[nH]c2cc1N1CCCC1. The standard InChI is InChI=1S/C19H23N5O3/c1-11-13(12(2)27-23-11)5-6-18(25)20-16-9-14-15(22-19(26)21-14)10-17(16)24-7-3-4-8-24/h9-10H,3-8H2,1-2H3,(H,20,25)(H2,21,22,26). The van der Waals surface area contributed by atoms with Gasteiger partial charge in [0.1, 0.15) is 5.76 Å². The molecular weight excluding hydrogens is 346 g/mol. The summed E-state index contributed by atoms with van der Waals surface area (Å²) >= 11 is 0. The van der Waals surface area contributed by atoms with Crippen molar-refractivity contribution in [1.29, 1.82) is 0 Å². The maximum Gasteiger partial charge on any atom is 0.323 e. The van der Waals surface area contributed by atoms with Crippen molar-refractivity contribution in [3.05, 3.63) is 39.6 Å². The van der Waals surface area contributed by atoms with Gasteiger partial charge in [-0.05, 0) is 45.2 Å². The summed E-state index contributed by atoms with van der Waals surface area (Å²) in [5, 5.41) is 6.95. The van der Waals surface area contributed by atoms with Gasteiger partial charge in [0.05, 0.1) is 28.1 Å². The Labute approximate surface area is 155 Å². The third-order valence-corrected chi connectivity index (χ3v) is 5.14. The van der Waals surface area contributed by atoms with E-state index in [-0.39, 0.29) is 11.6 Å². The van der Waals surface area contributed by atoms with Gasteiger partial charge in [0.2, 0.25) is 5.91 Å². The molecule has 1 aliphatic heterocycles. The third kappa shape index (κ3) is 3.47. The van der Waals surface area contributed by atoms with E-state index in [1.54, 1.807) is 0 Å². The number of fused-ring (bicyclic) bond motifs is 1. The summed E-state index contributed by atoms with van der Waals surface area (Å²) < 4.78 is 5.16. The molecule has 0 radical (unpaired) electrons. The first-order valence-electron chi connectivity index (χ1n) is 9.24. The number of imidazole rings is 1. The largest absolute Gasteiger partial charge is 0.370 e. The lowest BCUT2D eigenvalue weighted by Crippen LogP contribution is -2.21. The zero-order valence-corrected chi connectivity index (χ0v) is 15.5. The molecule has 2 aromatic heterocycles. The summed E-state index contributed by atoms with van der Waals surface area (Å²) in [4.78, 5) is 32.0. The molecule has 8 nitrogen and oxygen atoms in total. The molecule has 0 aliphatic carbocycles. The molecule has 0 bridgehead atoms. The molecule has 3 aromatic rings. The molecule has 3 heterocycles. The van der Waals surface area contributed by atoms with E-state index in [0.29, 0.717) is 18.4 Å². The molecule has 0 spiro atoms. The molecule has 142 valence electrons. The van der Waals surface area contributed by atoms with Crippen molar-refractivity contribution in [3.8, 4) is 0 Å². The van der Waals surface area contributed by atoms with Crippen molar-refractivity contribution < 1.29 is 9.32 Å². The number of hydrogen-bond acceptors (Lipinski definition) is 5. The first-order chi connectivity index (χ1) is 13.0. The van der Waals surface area contributed by atoms with Crippen molar-refractivity contribution in [2.75, 3.05) is 23.3 Å². The monoisotopic (exact) mass is 369 g/mol. The number of anilines is 2. The van der Waals surface area contributed by atoms with Crippen LogP contribution in [0.25, 0.3) is 11.0 Å². The molecule has 27 heavy (non-hydrogen) atoms. The topological polar surface area (TPSA) is 107 Å². The number of H-pyrrole nitrogens is 2. The maximum atomic E-state index is 12.6. The van der Waals surface area contributed by atoms with Gasteiger partial charge in [-0.15, -0.1) is 0 Å². The third-order valence-electron chi connectivity index (χ3n) is 5.14. The smallest absolute Gasteiger partial charge is 0.323 e. The average molecular weight is 369 g/mol. The van der Waals surface area contributed by atoms with Crippen LogP contribution in [0.15, 0.2) is 21.5 Å². The number of rotatable bonds is 5. The summed E-state index contributed by atoms with van der Waals surface area (Å²) in [5.41, 5.74) is 4.66. The number of carbonyl (C=O) groups excluding carboxylic acids is 1. The van der Waals surface area contributed by atoms with Gasteiger partial charge < -0.3 is 24.7 Å². The normalized spacial score (nSPS) is 14.2. The number of hydrogen-bond donors (Lipinski definition) is 3. The number of amides is 1. The number of benzene rings is 1. The summed E-state index contributed by atoms with van der Waals surface area (Å²) in [6.45, 7) is 5.63. The second kappa shape index (κ2) is 6.94. The van der Waals surface area contributed by atoms with Crippen LogP contribution >= 0.6 is 0 Å². The summed E-state index contributed by atoms with van der Waals surface area (Å²) in [6.07, 6.45) is 3.17. The van der Waals surface area contributed by atoms with E-state index in [1.165, 1.54) is 0 Å². The molecule has 1 amide bonds. The summed E-state index contributed by atoms with van der Waals surface area (Å²) in [6, 6.07) is 3.76. The highest BCUT2D eigenvalue weighted by atomic mass is 16.5. The van der Waals surface area contributed by atoms with E-state index >= 15 is 0 Å². The number of aromatic amines is 2. The second-order valence-electron chi connectivity index (χ2n) is 7.04. The number of nitrogens with zero attached hydrogens (tertiary/aromatic N) is 2. The average Bonchev–Trinajstić information content (AvgIpc) is 3.33. The Bertz CT molecular complexity index is 1020. The summed E-state index contributed by atoms with van der Waals surface area (Å²) in [5.74, 6) is 0.678. The van der Waals surface area contributed by atoms with E-state index in [4.69, 9.17) is 4.52 Å². The predicted molar refractivity (Wildman–Crippen MR) is 103 cm³/mol. The maximum absolute atomic E-state index is 12.6. The zero-order chi connectivity index (χ0) is 19.0. The molecule has 8 heteroatoms. The molecule has 1 fully saturated rings. The fourth-order valence-corrected chi connectivity index (χ4v) is 3.70. The van der Waals surface area contributed by atoms with E-state index in [9.17, 15) is 9.59 Å². The molecule has 3 N–H and O–H groups in total. The fourth-order valence-electron chi connectivity index (χ4n) is 3.70. The Kier molecular flexibility index (Phi) is 4.47. The molecule has 1 aromatic carbocycles. The van der Waals surface area contributed by atoms with Crippen molar-refractivity contribution in [3.63, 3.8) is 0 Å². The van der Waals surface area contributed by atoms with Crippen molar-refractivity contribution in [2.24, 2.45) is 0 Å². The fraction of sp³-hybridized carbons (Fsp3) is 0.421. The quantitative estimate of drug-likeness (QED) is 0.641. The van der Waals surface area contributed by atoms with Crippen LogP contribution in [0.3, 0.4) is 0 Å². The van der Waals surface area contributed by atoms with Gasteiger partial charge in [-0.3, -0.25) is 4.79 Å². The van der Waals surface area contributed by atoms with E-state index < -0.39 is 0 Å².